The van der Waals surface area contributed by atoms with Gasteiger partial charge in [0.25, 0.3) is 0 Å². The summed E-state index contributed by atoms with van der Waals surface area (Å²) in [6.07, 6.45) is 0. The van der Waals surface area contributed by atoms with Crippen LogP contribution in [0.25, 0.3) is 0 Å². The van der Waals surface area contributed by atoms with Crippen LogP contribution in [0.5, 0.6) is 0 Å². The molecule has 0 aromatic carbocycles. The van der Waals surface area contributed by atoms with E-state index in [1.807, 2.05) is 14.1 Å². The third-order valence-corrected chi connectivity index (χ3v) is 0.743. The number of likely N-dealkylation sites (N-methyl/N-ethyl adjacent to an activating group) is 1. The second-order valence-electron chi connectivity index (χ2n) is 2.20. The van der Waals surface area contributed by atoms with Crippen molar-refractivity contribution < 1.29 is 9.47 Å². The normalized spacial score (nSPS) is 9.00. The summed E-state index contributed by atoms with van der Waals surface area (Å²) in [5, 5.41) is 0. The fraction of sp³-hybridized carbons (Fsp3) is 1.00. The van der Waals surface area contributed by atoms with E-state index >= 15 is 0 Å². The minimum absolute atomic E-state index is 0.826. The van der Waals surface area contributed by atoms with Crippen molar-refractivity contribution in [3.05, 3.63) is 0 Å². The van der Waals surface area contributed by atoms with Crippen molar-refractivity contribution in [1.29, 1.82) is 0 Å². The zero-order chi connectivity index (χ0) is 8.41. The van der Waals surface area contributed by atoms with Crippen LogP contribution in [0.1, 0.15) is 0 Å². The van der Waals surface area contributed by atoms with Crippen LogP contribution in [0, 0.1) is 0 Å². The van der Waals surface area contributed by atoms with Crippen LogP contribution in [-0.2, 0) is 9.47 Å². The third kappa shape index (κ3) is 24.8. The summed E-state index contributed by atoms with van der Waals surface area (Å²) in [6.45, 7) is 1.84. The standard InChI is InChI=1S/C5H13NO.C2H6O/c1-6(2)4-5-7-3;1-3-2/h4-5H2,1-3H3;1-2H3. The lowest BCUT2D eigenvalue weighted by molar-refractivity contribution is 0.172. The Bertz CT molecular complexity index is 48.9. The van der Waals surface area contributed by atoms with Crippen LogP contribution in [0.15, 0.2) is 0 Å². The van der Waals surface area contributed by atoms with Gasteiger partial charge >= 0.3 is 0 Å². The molecule has 0 spiro atoms. The molecule has 0 aromatic heterocycles. The van der Waals surface area contributed by atoms with Gasteiger partial charge in [0.1, 0.15) is 0 Å². The van der Waals surface area contributed by atoms with E-state index in [9.17, 15) is 0 Å². The van der Waals surface area contributed by atoms with Crippen molar-refractivity contribution in [2.75, 3.05) is 48.6 Å². The number of ether oxygens (including phenoxy) is 2. The SMILES string of the molecule is COC.COCCN(C)C. The lowest BCUT2D eigenvalue weighted by atomic mass is 10.6. The Labute approximate surface area is 63.9 Å². The number of hydrogen-bond donors (Lipinski definition) is 0. The molecule has 0 saturated heterocycles. The van der Waals surface area contributed by atoms with Crippen LogP contribution < -0.4 is 0 Å². The van der Waals surface area contributed by atoms with Crippen molar-refractivity contribution in [1.82, 2.24) is 4.90 Å². The summed E-state index contributed by atoms with van der Waals surface area (Å²) < 4.78 is 9.06. The van der Waals surface area contributed by atoms with E-state index in [4.69, 9.17) is 4.74 Å². The summed E-state index contributed by atoms with van der Waals surface area (Å²) in [7, 11) is 9.02. The molecule has 0 heterocycles. The van der Waals surface area contributed by atoms with Gasteiger partial charge in [-0.25, -0.2) is 0 Å². The molecule has 0 rings (SSSR count). The van der Waals surface area contributed by atoms with Crippen molar-refractivity contribution in [3.63, 3.8) is 0 Å². The molecule has 0 unspecified atom stereocenters. The molecule has 0 aliphatic heterocycles. The largest absolute Gasteiger partial charge is 0.388 e. The highest BCUT2D eigenvalue weighted by Gasteiger charge is 1.83. The molecule has 0 bridgehead atoms. The maximum absolute atomic E-state index is 4.81. The monoisotopic (exact) mass is 149 g/mol. The Balaban J connectivity index is 0. The molecule has 0 fully saturated rings. The molecule has 10 heavy (non-hydrogen) atoms. The smallest absolute Gasteiger partial charge is 0.0589 e. The van der Waals surface area contributed by atoms with Crippen molar-refractivity contribution >= 4 is 0 Å². The molecule has 0 radical (unpaired) electrons. The summed E-state index contributed by atoms with van der Waals surface area (Å²) >= 11 is 0. The van der Waals surface area contributed by atoms with Crippen molar-refractivity contribution in [3.8, 4) is 0 Å². The van der Waals surface area contributed by atoms with Crippen LogP contribution in [0.3, 0.4) is 0 Å². The van der Waals surface area contributed by atoms with E-state index in [0.717, 1.165) is 13.2 Å². The van der Waals surface area contributed by atoms with Crippen LogP contribution in [0.2, 0.25) is 0 Å². The van der Waals surface area contributed by atoms with E-state index in [2.05, 4.69) is 9.64 Å². The molecule has 64 valence electrons. The molecule has 0 saturated carbocycles. The zero-order valence-electron chi connectivity index (χ0n) is 7.68. The number of hydrogen-bond acceptors (Lipinski definition) is 3. The predicted octanol–water partition coefficient (Wildman–Crippen LogP) is 0.457. The first-order valence-electron chi connectivity index (χ1n) is 3.22. The maximum atomic E-state index is 4.81. The molecule has 0 atom stereocenters. The van der Waals surface area contributed by atoms with Gasteiger partial charge in [-0.3, -0.25) is 0 Å². The molecule has 0 aromatic rings. The van der Waals surface area contributed by atoms with E-state index in [-0.39, 0.29) is 0 Å². The molecule has 0 aliphatic rings. The number of nitrogens with zero attached hydrogens (tertiary/aromatic N) is 1. The van der Waals surface area contributed by atoms with E-state index < -0.39 is 0 Å². The molecule has 0 N–H and O–H groups in total. The van der Waals surface area contributed by atoms with Gasteiger partial charge in [-0.15, -0.1) is 0 Å². The molecule has 0 aliphatic carbocycles. The number of rotatable bonds is 3. The summed E-state index contributed by atoms with van der Waals surface area (Å²) in [6, 6.07) is 0. The molecule has 3 nitrogen and oxygen atoms in total. The van der Waals surface area contributed by atoms with Gasteiger partial charge in [0.15, 0.2) is 0 Å². The Morgan fingerprint density at radius 1 is 1.10 bits per heavy atom. The Morgan fingerprint density at radius 3 is 1.60 bits per heavy atom. The van der Waals surface area contributed by atoms with Crippen LogP contribution in [-0.4, -0.2) is 53.5 Å². The van der Waals surface area contributed by atoms with Crippen molar-refractivity contribution in [2.24, 2.45) is 0 Å². The van der Waals surface area contributed by atoms with Gasteiger partial charge in [-0.1, -0.05) is 0 Å². The van der Waals surface area contributed by atoms with Gasteiger partial charge in [-0.2, -0.15) is 0 Å². The minimum atomic E-state index is 0.826. The fourth-order valence-electron chi connectivity index (χ4n) is 0.274. The molecule has 3 heteroatoms. The molecular weight excluding hydrogens is 130 g/mol. The minimum Gasteiger partial charge on any atom is -0.388 e. The first-order valence-corrected chi connectivity index (χ1v) is 3.22. The van der Waals surface area contributed by atoms with Crippen LogP contribution >= 0.6 is 0 Å². The van der Waals surface area contributed by atoms with Crippen LogP contribution in [0.4, 0.5) is 0 Å². The first kappa shape index (κ1) is 12.5. The van der Waals surface area contributed by atoms with E-state index in [1.54, 1.807) is 21.3 Å². The Morgan fingerprint density at radius 2 is 1.50 bits per heavy atom. The summed E-state index contributed by atoms with van der Waals surface area (Å²) in [5.41, 5.74) is 0. The van der Waals surface area contributed by atoms with E-state index in [0.29, 0.717) is 0 Å². The highest BCUT2D eigenvalue weighted by atomic mass is 16.5. The lowest BCUT2D eigenvalue weighted by Gasteiger charge is -2.06. The summed E-state index contributed by atoms with van der Waals surface area (Å²) in [4.78, 5) is 2.09. The van der Waals surface area contributed by atoms with Crippen molar-refractivity contribution in [2.45, 2.75) is 0 Å². The van der Waals surface area contributed by atoms with Gasteiger partial charge in [0, 0.05) is 27.9 Å². The third-order valence-electron chi connectivity index (χ3n) is 0.743. The topological polar surface area (TPSA) is 21.7 Å². The number of methoxy groups -OCH3 is 2. The second-order valence-corrected chi connectivity index (χ2v) is 2.20. The molecular formula is C7H19NO2. The average Bonchev–Trinajstić information content (AvgIpc) is 1.85. The highest BCUT2D eigenvalue weighted by Crippen LogP contribution is 1.71. The van der Waals surface area contributed by atoms with Gasteiger partial charge in [0.05, 0.1) is 6.61 Å². The maximum Gasteiger partial charge on any atom is 0.0589 e. The molecule has 0 amide bonds. The fourth-order valence-corrected chi connectivity index (χ4v) is 0.274. The van der Waals surface area contributed by atoms with Gasteiger partial charge in [-0.05, 0) is 14.1 Å². The Kier molecular flexibility index (Phi) is 14.6. The highest BCUT2D eigenvalue weighted by molar-refractivity contribution is 4.36. The van der Waals surface area contributed by atoms with Gasteiger partial charge in [0.2, 0.25) is 0 Å². The average molecular weight is 149 g/mol. The lowest BCUT2D eigenvalue weighted by Crippen LogP contribution is -2.16. The zero-order valence-corrected chi connectivity index (χ0v) is 7.68. The first-order chi connectivity index (χ1) is 4.68. The predicted molar refractivity (Wildman–Crippen MR) is 43.4 cm³/mol. The van der Waals surface area contributed by atoms with Gasteiger partial charge < -0.3 is 14.4 Å². The second kappa shape index (κ2) is 11.6. The summed E-state index contributed by atoms with van der Waals surface area (Å²) in [5.74, 6) is 0. The Hall–Kier alpha value is -0.120. The quantitative estimate of drug-likeness (QED) is 0.582. The van der Waals surface area contributed by atoms with E-state index in [1.165, 1.54) is 0 Å².